The lowest BCUT2D eigenvalue weighted by atomic mass is 9.76. The number of piperidine rings is 1. The van der Waals surface area contributed by atoms with Gasteiger partial charge < -0.3 is 14.1 Å². The minimum atomic E-state index is -0.413. The van der Waals surface area contributed by atoms with E-state index in [4.69, 9.17) is 9.15 Å². The van der Waals surface area contributed by atoms with Gasteiger partial charge >= 0.3 is 5.97 Å². The van der Waals surface area contributed by atoms with Crippen LogP contribution in [0.5, 0.6) is 0 Å². The summed E-state index contributed by atoms with van der Waals surface area (Å²) < 4.78 is 11.0. The summed E-state index contributed by atoms with van der Waals surface area (Å²) in [6.07, 6.45) is 8.51. The summed E-state index contributed by atoms with van der Waals surface area (Å²) in [7, 11) is 0. The third-order valence-corrected chi connectivity index (χ3v) is 6.43. The van der Waals surface area contributed by atoms with Gasteiger partial charge in [0.05, 0.1) is 11.1 Å². The van der Waals surface area contributed by atoms with Crippen LogP contribution in [0.4, 0.5) is 0 Å². The van der Waals surface area contributed by atoms with E-state index >= 15 is 0 Å². The van der Waals surface area contributed by atoms with E-state index in [0.29, 0.717) is 37.4 Å². The number of esters is 1. The zero-order chi connectivity index (χ0) is 18.9. The highest BCUT2D eigenvalue weighted by Gasteiger charge is 2.51. The number of hydrogen-bond acceptors (Lipinski definition) is 6. The second kappa shape index (κ2) is 7.62. The normalized spacial score (nSPS) is 26.2. The molecule has 4 rings (SSSR count). The van der Waals surface area contributed by atoms with Crippen LogP contribution >= 0.6 is 0 Å². The summed E-state index contributed by atoms with van der Waals surface area (Å²) in [5, 5.41) is 0. The van der Waals surface area contributed by atoms with Crippen molar-refractivity contribution in [1.82, 2.24) is 14.8 Å². The maximum Gasteiger partial charge on any atom is 0.312 e. The molecule has 0 saturated carbocycles. The van der Waals surface area contributed by atoms with E-state index < -0.39 is 5.41 Å². The van der Waals surface area contributed by atoms with Gasteiger partial charge in [-0.05, 0) is 45.7 Å². The Morgan fingerprint density at radius 2 is 1.89 bits per heavy atom. The molecule has 1 atom stereocenters. The first-order chi connectivity index (χ1) is 13.1. The fraction of sp³-hybridized carbons (Fsp3) is 0.750. The second-order valence-electron chi connectivity index (χ2n) is 8.29. The van der Waals surface area contributed by atoms with Gasteiger partial charge in [0.2, 0.25) is 5.76 Å². The Kier molecular flexibility index (Phi) is 5.21. The maximum absolute atomic E-state index is 12.7. The molecule has 3 aliphatic heterocycles. The van der Waals surface area contributed by atoms with Gasteiger partial charge in [-0.15, -0.1) is 0 Å². The van der Waals surface area contributed by atoms with Crippen LogP contribution < -0.4 is 0 Å². The standard InChI is InChI=1S/C20H29N3O4/c1-15-17(26-14-21-15)18(24)23-10-6-20(7-11-23)12-16(27-19(20)25)13-22-8-4-2-3-5-9-22/h14,16H,2-13H2,1H3. The number of amides is 1. The van der Waals surface area contributed by atoms with Gasteiger partial charge in [-0.2, -0.15) is 0 Å². The first kappa shape index (κ1) is 18.5. The predicted molar refractivity (Wildman–Crippen MR) is 98.2 cm³/mol. The van der Waals surface area contributed by atoms with Gasteiger partial charge in [0, 0.05) is 26.1 Å². The largest absolute Gasteiger partial charge is 0.461 e. The van der Waals surface area contributed by atoms with Crippen LogP contribution in [0.2, 0.25) is 0 Å². The van der Waals surface area contributed by atoms with Crippen LogP contribution in [0.1, 0.15) is 61.2 Å². The number of aryl methyl sites for hydroxylation is 1. The molecule has 3 fully saturated rings. The smallest absolute Gasteiger partial charge is 0.312 e. The van der Waals surface area contributed by atoms with Gasteiger partial charge in [0.1, 0.15) is 6.10 Å². The monoisotopic (exact) mass is 375 g/mol. The Hall–Kier alpha value is -1.89. The topological polar surface area (TPSA) is 75.9 Å². The summed E-state index contributed by atoms with van der Waals surface area (Å²) in [6.45, 7) is 5.96. The molecule has 7 nitrogen and oxygen atoms in total. The molecule has 7 heteroatoms. The van der Waals surface area contributed by atoms with E-state index in [0.717, 1.165) is 26.1 Å². The molecule has 148 valence electrons. The molecular weight excluding hydrogens is 346 g/mol. The number of nitrogens with zero attached hydrogens (tertiary/aromatic N) is 3. The lowest BCUT2D eigenvalue weighted by molar-refractivity contribution is -0.151. The molecule has 0 N–H and O–H groups in total. The number of cyclic esters (lactones) is 1. The molecule has 1 unspecified atom stereocenters. The van der Waals surface area contributed by atoms with Gasteiger partial charge in [-0.3, -0.25) is 14.5 Å². The van der Waals surface area contributed by atoms with Crippen molar-refractivity contribution < 1.29 is 18.7 Å². The van der Waals surface area contributed by atoms with E-state index in [-0.39, 0.29) is 18.0 Å². The fourth-order valence-electron chi connectivity index (χ4n) is 4.74. The van der Waals surface area contributed by atoms with Crippen LogP contribution in [0.15, 0.2) is 10.8 Å². The van der Waals surface area contributed by atoms with Crippen molar-refractivity contribution in [3.8, 4) is 0 Å². The lowest BCUT2D eigenvalue weighted by Crippen LogP contribution is -2.45. The quantitative estimate of drug-likeness (QED) is 0.755. The van der Waals surface area contributed by atoms with Gasteiger partial charge in [0.15, 0.2) is 6.39 Å². The van der Waals surface area contributed by atoms with Crippen LogP contribution in [0, 0.1) is 12.3 Å². The van der Waals surface area contributed by atoms with E-state index in [1.165, 1.54) is 32.1 Å². The third kappa shape index (κ3) is 3.74. The molecule has 3 aliphatic rings. The highest BCUT2D eigenvalue weighted by atomic mass is 16.6. The van der Waals surface area contributed by atoms with Crippen molar-refractivity contribution in [3.05, 3.63) is 17.8 Å². The summed E-state index contributed by atoms with van der Waals surface area (Å²) in [5.74, 6) is 0.108. The highest BCUT2D eigenvalue weighted by molar-refractivity contribution is 5.92. The van der Waals surface area contributed by atoms with Crippen LogP contribution in [0.25, 0.3) is 0 Å². The van der Waals surface area contributed by atoms with Crippen LogP contribution in [-0.4, -0.2) is 65.5 Å². The molecule has 27 heavy (non-hydrogen) atoms. The number of rotatable bonds is 3. The second-order valence-corrected chi connectivity index (χ2v) is 8.29. The molecule has 0 bridgehead atoms. The lowest BCUT2D eigenvalue weighted by Gasteiger charge is -2.36. The van der Waals surface area contributed by atoms with E-state index in [2.05, 4.69) is 9.88 Å². The average molecular weight is 375 g/mol. The van der Waals surface area contributed by atoms with Crippen molar-refractivity contribution in [3.63, 3.8) is 0 Å². The number of oxazole rings is 1. The average Bonchev–Trinajstić information content (AvgIpc) is 3.09. The molecule has 4 heterocycles. The molecule has 1 amide bonds. The number of likely N-dealkylation sites (tertiary alicyclic amines) is 2. The molecule has 0 aliphatic carbocycles. The Bertz CT molecular complexity index is 685. The Morgan fingerprint density at radius 3 is 2.52 bits per heavy atom. The summed E-state index contributed by atoms with van der Waals surface area (Å²) in [6, 6.07) is 0. The number of aromatic nitrogens is 1. The van der Waals surface area contributed by atoms with Crippen molar-refractivity contribution in [2.75, 3.05) is 32.7 Å². The minimum Gasteiger partial charge on any atom is -0.461 e. The molecule has 1 aromatic rings. The van der Waals surface area contributed by atoms with E-state index in [1.807, 2.05) is 0 Å². The molecule has 1 spiro atoms. The fourth-order valence-corrected chi connectivity index (χ4v) is 4.74. The van der Waals surface area contributed by atoms with Crippen molar-refractivity contribution in [1.29, 1.82) is 0 Å². The summed E-state index contributed by atoms with van der Waals surface area (Å²) in [5.41, 5.74) is 0.196. The van der Waals surface area contributed by atoms with Crippen LogP contribution in [-0.2, 0) is 9.53 Å². The third-order valence-electron chi connectivity index (χ3n) is 6.43. The van der Waals surface area contributed by atoms with Crippen molar-refractivity contribution in [2.24, 2.45) is 5.41 Å². The Morgan fingerprint density at radius 1 is 1.19 bits per heavy atom. The van der Waals surface area contributed by atoms with Gasteiger partial charge in [0.25, 0.3) is 5.91 Å². The molecule has 1 aromatic heterocycles. The van der Waals surface area contributed by atoms with Gasteiger partial charge in [-0.1, -0.05) is 12.8 Å². The highest BCUT2D eigenvalue weighted by Crippen LogP contribution is 2.43. The van der Waals surface area contributed by atoms with Crippen LogP contribution in [0.3, 0.4) is 0 Å². The molecule has 0 radical (unpaired) electrons. The van der Waals surface area contributed by atoms with Crippen molar-refractivity contribution >= 4 is 11.9 Å². The van der Waals surface area contributed by atoms with E-state index in [9.17, 15) is 9.59 Å². The Balaban J connectivity index is 1.34. The first-order valence-corrected chi connectivity index (χ1v) is 10.2. The number of ether oxygens (including phenoxy) is 1. The molecule has 3 saturated heterocycles. The van der Waals surface area contributed by atoms with E-state index in [1.54, 1.807) is 11.8 Å². The zero-order valence-electron chi connectivity index (χ0n) is 16.1. The Labute approximate surface area is 160 Å². The maximum atomic E-state index is 12.7. The van der Waals surface area contributed by atoms with Crippen molar-refractivity contribution in [2.45, 2.75) is 58.0 Å². The zero-order valence-corrected chi connectivity index (χ0v) is 16.1. The molecule has 0 aromatic carbocycles. The number of hydrogen-bond donors (Lipinski definition) is 0. The van der Waals surface area contributed by atoms with Gasteiger partial charge in [-0.25, -0.2) is 4.98 Å². The molecular formula is C20H29N3O4. The number of carbonyl (C=O) groups is 2. The summed E-state index contributed by atoms with van der Waals surface area (Å²) in [4.78, 5) is 33.5. The SMILES string of the molecule is Cc1ncoc1C(=O)N1CCC2(CC1)CC(CN1CCCCCC1)OC2=O. The summed E-state index contributed by atoms with van der Waals surface area (Å²) >= 11 is 0. The minimum absolute atomic E-state index is 0.00521. The predicted octanol–water partition coefficient (Wildman–Crippen LogP) is 2.40. The number of carbonyl (C=O) groups excluding carboxylic acids is 2. The first-order valence-electron chi connectivity index (χ1n) is 10.2.